The van der Waals surface area contributed by atoms with Gasteiger partial charge in [-0.05, 0) is 40.0 Å². The standard InChI is InChI=1S/C11H13IOS/c1-8(2)14-7-11(13)9-3-5-10(12)6-4-9/h3-6,8H,7H2,1-2H3. The van der Waals surface area contributed by atoms with Crippen LogP contribution >= 0.6 is 34.4 Å². The minimum absolute atomic E-state index is 0.222. The molecule has 0 aromatic heterocycles. The van der Waals surface area contributed by atoms with E-state index in [2.05, 4.69) is 36.4 Å². The van der Waals surface area contributed by atoms with E-state index in [0.717, 1.165) is 9.13 Å². The fourth-order valence-corrected chi connectivity index (χ4v) is 1.97. The lowest BCUT2D eigenvalue weighted by atomic mass is 10.2. The average molecular weight is 320 g/mol. The topological polar surface area (TPSA) is 17.1 Å². The van der Waals surface area contributed by atoms with Gasteiger partial charge in [0.2, 0.25) is 0 Å². The summed E-state index contributed by atoms with van der Waals surface area (Å²) < 4.78 is 1.16. The summed E-state index contributed by atoms with van der Waals surface area (Å²) in [5.74, 6) is 0.804. The molecule has 0 heterocycles. The molecule has 0 N–H and O–H groups in total. The molecule has 1 nitrogen and oxygen atoms in total. The summed E-state index contributed by atoms with van der Waals surface area (Å²) in [4.78, 5) is 11.6. The molecule has 0 aliphatic rings. The summed E-state index contributed by atoms with van der Waals surface area (Å²) in [6, 6.07) is 7.72. The van der Waals surface area contributed by atoms with Crippen molar-refractivity contribution >= 4 is 40.1 Å². The predicted molar refractivity (Wildman–Crippen MR) is 71.1 cm³/mol. The number of rotatable bonds is 4. The number of halogens is 1. The van der Waals surface area contributed by atoms with E-state index in [1.165, 1.54) is 0 Å². The van der Waals surface area contributed by atoms with Gasteiger partial charge in [0.1, 0.15) is 0 Å². The maximum absolute atomic E-state index is 11.6. The highest BCUT2D eigenvalue weighted by molar-refractivity contribution is 14.1. The molecule has 1 aromatic carbocycles. The van der Waals surface area contributed by atoms with Crippen LogP contribution in [0.4, 0.5) is 0 Å². The first-order valence-electron chi connectivity index (χ1n) is 4.50. The van der Waals surface area contributed by atoms with Gasteiger partial charge in [0, 0.05) is 9.13 Å². The van der Waals surface area contributed by atoms with Gasteiger partial charge in [-0.3, -0.25) is 4.79 Å². The third-order valence-corrected chi connectivity index (χ3v) is 3.53. The molecule has 0 bridgehead atoms. The van der Waals surface area contributed by atoms with Crippen LogP contribution in [0.1, 0.15) is 24.2 Å². The highest BCUT2D eigenvalue weighted by atomic mass is 127. The highest BCUT2D eigenvalue weighted by Crippen LogP contribution is 2.13. The minimum atomic E-state index is 0.222. The first-order chi connectivity index (χ1) is 6.59. The van der Waals surface area contributed by atoms with Gasteiger partial charge in [0.15, 0.2) is 5.78 Å². The van der Waals surface area contributed by atoms with E-state index in [0.29, 0.717) is 11.0 Å². The number of thioether (sulfide) groups is 1. The van der Waals surface area contributed by atoms with Crippen molar-refractivity contribution in [3.05, 3.63) is 33.4 Å². The lowest BCUT2D eigenvalue weighted by Gasteiger charge is -2.03. The fourth-order valence-electron chi connectivity index (χ4n) is 0.961. The molecule has 0 spiro atoms. The zero-order valence-corrected chi connectivity index (χ0v) is 11.3. The summed E-state index contributed by atoms with van der Waals surface area (Å²) >= 11 is 3.92. The Morgan fingerprint density at radius 3 is 2.43 bits per heavy atom. The third-order valence-electron chi connectivity index (χ3n) is 1.71. The van der Waals surface area contributed by atoms with Crippen LogP contribution < -0.4 is 0 Å². The Hall–Kier alpha value is -0.0300. The molecular formula is C11H13IOS. The van der Waals surface area contributed by atoms with Gasteiger partial charge >= 0.3 is 0 Å². The molecule has 0 radical (unpaired) electrons. The predicted octanol–water partition coefficient (Wildman–Crippen LogP) is 3.62. The Kier molecular flexibility index (Phi) is 4.95. The summed E-state index contributed by atoms with van der Waals surface area (Å²) in [5, 5.41) is 0.516. The van der Waals surface area contributed by atoms with Crippen LogP contribution in [0.25, 0.3) is 0 Å². The van der Waals surface area contributed by atoms with Gasteiger partial charge < -0.3 is 0 Å². The lowest BCUT2D eigenvalue weighted by molar-refractivity contribution is 0.102. The fraction of sp³-hybridized carbons (Fsp3) is 0.364. The van der Waals surface area contributed by atoms with E-state index in [9.17, 15) is 4.79 Å². The minimum Gasteiger partial charge on any atom is -0.293 e. The van der Waals surface area contributed by atoms with Crippen LogP contribution in [-0.2, 0) is 0 Å². The maximum atomic E-state index is 11.6. The van der Waals surface area contributed by atoms with E-state index in [4.69, 9.17) is 0 Å². The molecule has 0 aliphatic carbocycles. The molecule has 0 unspecified atom stereocenters. The van der Waals surface area contributed by atoms with Gasteiger partial charge in [-0.25, -0.2) is 0 Å². The Bertz CT molecular complexity index is 306. The summed E-state index contributed by atoms with van der Waals surface area (Å²) in [5.41, 5.74) is 0.818. The number of carbonyl (C=O) groups excluding carboxylic acids is 1. The normalized spacial score (nSPS) is 10.6. The molecule has 1 aromatic rings. The molecule has 1 rings (SSSR count). The number of Topliss-reactive ketones (excluding diaryl/α,β-unsaturated/α-hetero) is 1. The molecule has 0 fully saturated rings. The van der Waals surface area contributed by atoms with Crippen molar-refractivity contribution in [1.82, 2.24) is 0 Å². The zero-order chi connectivity index (χ0) is 10.6. The quantitative estimate of drug-likeness (QED) is 0.623. The number of carbonyl (C=O) groups is 1. The number of ketones is 1. The van der Waals surface area contributed by atoms with Gasteiger partial charge in [0.05, 0.1) is 5.75 Å². The van der Waals surface area contributed by atoms with Crippen molar-refractivity contribution < 1.29 is 4.79 Å². The van der Waals surface area contributed by atoms with Crippen molar-refractivity contribution in [2.75, 3.05) is 5.75 Å². The first-order valence-corrected chi connectivity index (χ1v) is 6.62. The summed E-state index contributed by atoms with van der Waals surface area (Å²) in [7, 11) is 0. The maximum Gasteiger partial charge on any atom is 0.172 e. The van der Waals surface area contributed by atoms with Crippen LogP contribution in [0.5, 0.6) is 0 Å². The zero-order valence-electron chi connectivity index (χ0n) is 8.29. The van der Waals surface area contributed by atoms with E-state index < -0.39 is 0 Å². The number of hydrogen-bond acceptors (Lipinski definition) is 2. The second kappa shape index (κ2) is 5.75. The smallest absolute Gasteiger partial charge is 0.172 e. The second-order valence-electron chi connectivity index (χ2n) is 3.29. The Labute approximate surface area is 103 Å². The molecule has 0 saturated carbocycles. The number of benzene rings is 1. The van der Waals surface area contributed by atoms with Crippen LogP contribution in [0.3, 0.4) is 0 Å². The third kappa shape index (κ3) is 4.00. The lowest BCUT2D eigenvalue weighted by Crippen LogP contribution is -2.04. The van der Waals surface area contributed by atoms with Crippen LogP contribution in [0.2, 0.25) is 0 Å². The average Bonchev–Trinajstić information content (AvgIpc) is 2.15. The molecule has 0 saturated heterocycles. The van der Waals surface area contributed by atoms with Crippen molar-refractivity contribution in [3.8, 4) is 0 Å². The summed E-state index contributed by atoms with van der Waals surface area (Å²) in [6.45, 7) is 4.21. The first kappa shape index (κ1) is 12.0. The molecule has 0 amide bonds. The van der Waals surface area contributed by atoms with Gasteiger partial charge in [-0.1, -0.05) is 26.0 Å². The summed E-state index contributed by atoms with van der Waals surface area (Å²) in [6.07, 6.45) is 0. The van der Waals surface area contributed by atoms with E-state index in [1.807, 2.05) is 24.3 Å². The molecule has 76 valence electrons. The molecule has 3 heteroatoms. The van der Waals surface area contributed by atoms with Crippen molar-refractivity contribution in [3.63, 3.8) is 0 Å². The SMILES string of the molecule is CC(C)SCC(=O)c1ccc(I)cc1. The Balaban J connectivity index is 2.57. The van der Waals surface area contributed by atoms with Gasteiger partial charge in [0.25, 0.3) is 0 Å². The van der Waals surface area contributed by atoms with Crippen molar-refractivity contribution in [1.29, 1.82) is 0 Å². The Morgan fingerprint density at radius 1 is 1.36 bits per heavy atom. The van der Waals surface area contributed by atoms with Crippen molar-refractivity contribution in [2.24, 2.45) is 0 Å². The van der Waals surface area contributed by atoms with Crippen molar-refractivity contribution in [2.45, 2.75) is 19.1 Å². The second-order valence-corrected chi connectivity index (χ2v) is 6.10. The molecule has 14 heavy (non-hydrogen) atoms. The molecule has 0 aliphatic heterocycles. The van der Waals surface area contributed by atoms with Gasteiger partial charge in [-0.2, -0.15) is 11.8 Å². The van der Waals surface area contributed by atoms with E-state index in [1.54, 1.807) is 11.8 Å². The highest BCUT2D eigenvalue weighted by Gasteiger charge is 2.06. The molecular weight excluding hydrogens is 307 g/mol. The van der Waals surface area contributed by atoms with Crippen LogP contribution in [0.15, 0.2) is 24.3 Å². The monoisotopic (exact) mass is 320 g/mol. The van der Waals surface area contributed by atoms with E-state index in [-0.39, 0.29) is 5.78 Å². The van der Waals surface area contributed by atoms with Gasteiger partial charge in [-0.15, -0.1) is 0 Å². The molecule has 0 atom stereocenters. The van der Waals surface area contributed by atoms with Crippen LogP contribution in [0, 0.1) is 3.57 Å². The van der Waals surface area contributed by atoms with E-state index >= 15 is 0 Å². The Morgan fingerprint density at radius 2 is 1.93 bits per heavy atom. The largest absolute Gasteiger partial charge is 0.293 e. The van der Waals surface area contributed by atoms with Crippen LogP contribution in [-0.4, -0.2) is 16.8 Å². The number of hydrogen-bond donors (Lipinski definition) is 0.